The van der Waals surface area contributed by atoms with Gasteiger partial charge in [-0.3, -0.25) is 0 Å². The topological polar surface area (TPSA) is 71.3 Å². The first-order valence-electron chi connectivity index (χ1n) is 7.40. The Morgan fingerprint density at radius 3 is 2.61 bits per heavy atom. The maximum atomic E-state index is 11.6. The lowest BCUT2D eigenvalue weighted by Gasteiger charge is -2.13. The van der Waals surface area contributed by atoms with Gasteiger partial charge in [0, 0.05) is 12.1 Å². The van der Waals surface area contributed by atoms with Gasteiger partial charge < -0.3 is 14.8 Å². The average Bonchev–Trinajstić information content (AvgIpc) is 2.59. The Bertz CT molecular complexity index is 680. The van der Waals surface area contributed by atoms with Gasteiger partial charge in [0.2, 0.25) is 6.10 Å². The average molecular weight is 310 g/mol. The molecule has 2 aromatic carbocycles. The molecule has 5 nitrogen and oxygen atoms in total. The van der Waals surface area contributed by atoms with Gasteiger partial charge in [-0.25, -0.2) is 4.79 Å². The zero-order valence-electron chi connectivity index (χ0n) is 12.9. The van der Waals surface area contributed by atoms with Crippen LogP contribution in [-0.2, 0) is 4.74 Å². The number of nitrogens with one attached hydrogen (secondary N) is 1. The van der Waals surface area contributed by atoms with Gasteiger partial charge in [0.1, 0.15) is 17.6 Å². The summed E-state index contributed by atoms with van der Waals surface area (Å²) in [5.74, 6) is 1.27. The van der Waals surface area contributed by atoms with E-state index in [0.717, 1.165) is 6.42 Å². The van der Waals surface area contributed by atoms with Crippen LogP contribution in [0.2, 0.25) is 0 Å². The third-order valence-electron chi connectivity index (χ3n) is 3.00. The Balaban J connectivity index is 2.08. The molecule has 2 aromatic rings. The first kappa shape index (κ1) is 16.4. The highest BCUT2D eigenvalue weighted by atomic mass is 16.6. The Kier molecular flexibility index (Phi) is 6.01. The zero-order valence-corrected chi connectivity index (χ0v) is 12.9. The maximum Gasteiger partial charge on any atom is 0.408 e. The zero-order chi connectivity index (χ0) is 16.5. The number of carbonyl (C=O) groups is 1. The summed E-state index contributed by atoms with van der Waals surface area (Å²) in [6, 6.07) is 18.2. The minimum Gasteiger partial charge on any atom is -0.457 e. The van der Waals surface area contributed by atoms with Gasteiger partial charge in [-0.1, -0.05) is 37.3 Å². The molecule has 0 aliphatic rings. The normalized spacial score (nSPS) is 11.1. The molecule has 0 aliphatic heterocycles. The molecule has 0 bridgehead atoms. The minimum absolute atomic E-state index is 0.508. The summed E-state index contributed by atoms with van der Waals surface area (Å²) < 4.78 is 10.8. The van der Waals surface area contributed by atoms with Crippen molar-refractivity contribution in [3.05, 3.63) is 60.2 Å². The number of alkyl carbamates (subject to hydrolysis) is 1. The number of amides is 1. The molecule has 23 heavy (non-hydrogen) atoms. The standard InChI is InChI=1S/C18H18N2O3/c1-2-11-20-18(21)23-17(13-19)14-7-6-10-16(12-14)22-15-8-4-3-5-9-15/h3-10,12,17H,2,11H2,1H3,(H,20,21). The highest BCUT2D eigenvalue weighted by molar-refractivity contribution is 5.67. The van der Waals surface area contributed by atoms with E-state index in [1.807, 2.05) is 43.3 Å². The number of hydrogen-bond donors (Lipinski definition) is 1. The maximum absolute atomic E-state index is 11.6. The smallest absolute Gasteiger partial charge is 0.408 e. The summed E-state index contributed by atoms with van der Waals surface area (Å²) in [6.07, 6.45) is -0.786. The van der Waals surface area contributed by atoms with E-state index >= 15 is 0 Å². The molecule has 0 aromatic heterocycles. The van der Waals surface area contributed by atoms with E-state index in [0.29, 0.717) is 23.6 Å². The number of benzene rings is 2. The first-order valence-corrected chi connectivity index (χ1v) is 7.40. The minimum atomic E-state index is -0.980. The van der Waals surface area contributed by atoms with Crippen molar-refractivity contribution in [2.24, 2.45) is 0 Å². The second kappa shape index (κ2) is 8.44. The van der Waals surface area contributed by atoms with E-state index in [1.165, 1.54) is 0 Å². The molecule has 0 saturated carbocycles. The molecule has 118 valence electrons. The number of ether oxygens (including phenoxy) is 2. The van der Waals surface area contributed by atoms with Crippen molar-refractivity contribution >= 4 is 6.09 Å². The van der Waals surface area contributed by atoms with E-state index in [-0.39, 0.29) is 0 Å². The van der Waals surface area contributed by atoms with E-state index in [9.17, 15) is 10.1 Å². The van der Waals surface area contributed by atoms with Crippen molar-refractivity contribution in [2.45, 2.75) is 19.4 Å². The van der Waals surface area contributed by atoms with E-state index in [4.69, 9.17) is 9.47 Å². The molecule has 0 fully saturated rings. The molecule has 0 radical (unpaired) electrons. The number of rotatable bonds is 6. The van der Waals surface area contributed by atoms with E-state index in [1.54, 1.807) is 24.3 Å². The van der Waals surface area contributed by atoms with Crippen molar-refractivity contribution in [2.75, 3.05) is 6.54 Å². The van der Waals surface area contributed by atoms with Gasteiger partial charge in [0.05, 0.1) is 0 Å². The van der Waals surface area contributed by atoms with Gasteiger partial charge in [0.15, 0.2) is 0 Å². The lowest BCUT2D eigenvalue weighted by atomic mass is 10.1. The Morgan fingerprint density at radius 1 is 1.17 bits per heavy atom. The highest BCUT2D eigenvalue weighted by Crippen LogP contribution is 2.25. The fraction of sp³-hybridized carbons (Fsp3) is 0.222. The van der Waals surface area contributed by atoms with Crippen LogP contribution in [0, 0.1) is 11.3 Å². The molecular weight excluding hydrogens is 292 g/mol. The van der Waals surface area contributed by atoms with Gasteiger partial charge in [-0.05, 0) is 30.7 Å². The fourth-order valence-corrected chi connectivity index (χ4v) is 1.91. The van der Waals surface area contributed by atoms with Crippen molar-refractivity contribution in [3.63, 3.8) is 0 Å². The summed E-state index contributed by atoms with van der Waals surface area (Å²) in [6.45, 7) is 2.45. The van der Waals surface area contributed by atoms with Crippen LogP contribution in [0.3, 0.4) is 0 Å². The highest BCUT2D eigenvalue weighted by Gasteiger charge is 2.16. The molecule has 1 amide bonds. The van der Waals surface area contributed by atoms with Crippen molar-refractivity contribution in [1.82, 2.24) is 5.32 Å². The molecule has 1 unspecified atom stereocenters. The quantitative estimate of drug-likeness (QED) is 0.868. The molecular formula is C18H18N2O3. The monoisotopic (exact) mass is 310 g/mol. The number of hydrogen-bond acceptors (Lipinski definition) is 4. The summed E-state index contributed by atoms with van der Waals surface area (Å²) >= 11 is 0. The Morgan fingerprint density at radius 2 is 1.91 bits per heavy atom. The second-order valence-electron chi connectivity index (χ2n) is 4.83. The Hall–Kier alpha value is -3.00. The number of nitriles is 1. The molecule has 0 heterocycles. The van der Waals surface area contributed by atoms with Crippen LogP contribution >= 0.6 is 0 Å². The summed E-state index contributed by atoms with van der Waals surface area (Å²) in [4.78, 5) is 11.6. The van der Waals surface area contributed by atoms with Crippen LogP contribution in [0.25, 0.3) is 0 Å². The van der Waals surface area contributed by atoms with Crippen LogP contribution < -0.4 is 10.1 Å². The number of para-hydroxylation sites is 1. The van der Waals surface area contributed by atoms with Gasteiger partial charge in [0.25, 0.3) is 0 Å². The summed E-state index contributed by atoms with van der Waals surface area (Å²) in [5, 5.41) is 11.8. The summed E-state index contributed by atoms with van der Waals surface area (Å²) in [5.41, 5.74) is 0.563. The predicted octanol–water partition coefficient (Wildman–Crippen LogP) is 4.18. The van der Waals surface area contributed by atoms with E-state index < -0.39 is 12.2 Å². The summed E-state index contributed by atoms with van der Waals surface area (Å²) in [7, 11) is 0. The Labute approximate surface area is 135 Å². The van der Waals surface area contributed by atoms with Crippen LogP contribution in [0.1, 0.15) is 25.0 Å². The third kappa shape index (κ3) is 5.04. The predicted molar refractivity (Wildman–Crippen MR) is 86.1 cm³/mol. The molecule has 1 N–H and O–H groups in total. The van der Waals surface area contributed by atoms with Crippen LogP contribution in [0.5, 0.6) is 11.5 Å². The number of nitrogens with zero attached hydrogens (tertiary/aromatic N) is 1. The molecule has 0 saturated heterocycles. The van der Waals surface area contributed by atoms with Crippen molar-refractivity contribution in [1.29, 1.82) is 5.26 Å². The first-order chi connectivity index (χ1) is 11.2. The largest absolute Gasteiger partial charge is 0.457 e. The lowest BCUT2D eigenvalue weighted by Crippen LogP contribution is -2.26. The number of carbonyl (C=O) groups excluding carboxylic acids is 1. The van der Waals surface area contributed by atoms with Crippen LogP contribution in [0.4, 0.5) is 4.79 Å². The van der Waals surface area contributed by atoms with E-state index in [2.05, 4.69) is 5.32 Å². The van der Waals surface area contributed by atoms with Gasteiger partial charge in [-0.15, -0.1) is 0 Å². The lowest BCUT2D eigenvalue weighted by molar-refractivity contribution is 0.123. The SMILES string of the molecule is CCCNC(=O)OC(C#N)c1cccc(Oc2ccccc2)c1. The molecule has 2 rings (SSSR count). The molecule has 1 atom stereocenters. The fourth-order valence-electron chi connectivity index (χ4n) is 1.91. The van der Waals surface area contributed by atoms with Crippen LogP contribution in [0.15, 0.2) is 54.6 Å². The van der Waals surface area contributed by atoms with Gasteiger partial charge in [-0.2, -0.15) is 5.26 Å². The molecule has 0 spiro atoms. The van der Waals surface area contributed by atoms with Crippen LogP contribution in [-0.4, -0.2) is 12.6 Å². The van der Waals surface area contributed by atoms with Crippen molar-refractivity contribution < 1.29 is 14.3 Å². The molecule has 5 heteroatoms. The third-order valence-corrected chi connectivity index (χ3v) is 3.00. The van der Waals surface area contributed by atoms with Gasteiger partial charge >= 0.3 is 6.09 Å². The second-order valence-corrected chi connectivity index (χ2v) is 4.83. The molecule has 0 aliphatic carbocycles. The van der Waals surface area contributed by atoms with Crippen molar-refractivity contribution in [3.8, 4) is 17.6 Å².